The van der Waals surface area contributed by atoms with Crippen molar-refractivity contribution in [1.29, 1.82) is 0 Å². The zero-order chi connectivity index (χ0) is 20.9. The molecule has 1 aliphatic heterocycles. The summed E-state index contributed by atoms with van der Waals surface area (Å²) < 4.78 is 10.5. The molecule has 0 aromatic heterocycles. The van der Waals surface area contributed by atoms with Gasteiger partial charge in [0.05, 0.1) is 12.5 Å². The second kappa shape index (κ2) is 7.40. The van der Waals surface area contributed by atoms with Crippen LogP contribution in [0.1, 0.15) is 49.7 Å². The third kappa shape index (κ3) is 3.30. The van der Waals surface area contributed by atoms with Crippen molar-refractivity contribution < 1.29 is 23.9 Å². The summed E-state index contributed by atoms with van der Waals surface area (Å²) in [6.07, 6.45) is 6.89. The summed E-state index contributed by atoms with van der Waals surface area (Å²) in [5.74, 6) is 0.940. The van der Waals surface area contributed by atoms with E-state index in [2.05, 4.69) is 0 Å². The molecule has 4 fully saturated rings. The molecule has 5 aliphatic rings. The van der Waals surface area contributed by atoms with Crippen LogP contribution in [0.3, 0.4) is 0 Å². The predicted octanol–water partition coefficient (Wildman–Crippen LogP) is 2.87. The lowest BCUT2D eigenvalue weighted by Crippen LogP contribution is -2.52. The fraction of sp³-hybridized carbons (Fsp3) is 0.625. The van der Waals surface area contributed by atoms with Crippen molar-refractivity contribution in [1.82, 2.24) is 4.90 Å². The average Bonchev–Trinajstić information content (AvgIpc) is 2.74. The molecule has 1 atom stereocenters. The van der Waals surface area contributed by atoms with Gasteiger partial charge in [-0.3, -0.25) is 9.59 Å². The second-order valence-electron chi connectivity index (χ2n) is 9.81. The minimum absolute atomic E-state index is 0.207. The van der Waals surface area contributed by atoms with Gasteiger partial charge >= 0.3 is 11.9 Å². The van der Waals surface area contributed by atoms with Crippen molar-refractivity contribution >= 4 is 17.8 Å². The van der Waals surface area contributed by atoms with E-state index in [0.29, 0.717) is 30.7 Å². The third-order valence-electron chi connectivity index (χ3n) is 7.84. The van der Waals surface area contributed by atoms with Crippen LogP contribution < -0.4 is 0 Å². The molecule has 6 nitrogen and oxygen atoms in total. The third-order valence-corrected chi connectivity index (χ3v) is 7.84. The number of nitrogens with zero attached hydrogens (tertiary/aromatic N) is 1. The molecule has 0 spiro atoms. The highest BCUT2D eigenvalue weighted by Gasteiger charge is 2.55. The number of hydrogen-bond acceptors (Lipinski definition) is 5. The van der Waals surface area contributed by atoms with Crippen molar-refractivity contribution in [2.75, 3.05) is 13.7 Å². The van der Waals surface area contributed by atoms with Crippen molar-refractivity contribution in [3.8, 4) is 0 Å². The summed E-state index contributed by atoms with van der Waals surface area (Å²) in [5, 5.41) is 0. The Morgan fingerprint density at radius 2 is 1.60 bits per heavy atom. The molecule has 1 amide bonds. The highest BCUT2D eigenvalue weighted by Crippen LogP contribution is 2.60. The first-order valence-corrected chi connectivity index (χ1v) is 11.1. The van der Waals surface area contributed by atoms with Gasteiger partial charge in [0.2, 0.25) is 0 Å². The number of carbonyl (C=O) groups is 3. The Kier molecular flexibility index (Phi) is 4.83. The number of hydrogen-bond donors (Lipinski definition) is 0. The molecule has 4 bridgehead atoms. The smallest absolute Gasteiger partial charge is 0.328 e. The molecule has 1 aromatic carbocycles. The molecule has 0 radical (unpaired) electrons. The summed E-state index contributed by atoms with van der Waals surface area (Å²) in [4.78, 5) is 39.9. The van der Waals surface area contributed by atoms with Crippen molar-refractivity contribution in [3.05, 3.63) is 35.4 Å². The second-order valence-corrected chi connectivity index (χ2v) is 9.81. The standard InChI is InChI=1S/C24H29NO5/c1-29-22(27)20-9-18-4-2-3-5-19(18)13-25(20)21(26)14-30-23(28)24-10-15-6-16(11-24)8-17(7-15)12-24/h2-5,15-17,20H,6-14H2,1H3/t15?,16?,17?,20-,24?/m1/s1. The van der Waals surface area contributed by atoms with Gasteiger partial charge in [-0.25, -0.2) is 4.79 Å². The number of rotatable bonds is 4. The predicted molar refractivity (Wildman–Crippen MR) is 108 cm³/mol. The molecule has 1 heterocycles. The number of amides is 1. The molecule has 4 saturated carbocycles. The maximum Gasteiger partial charge on any atom is 0.328 e. The highest BCUT2D eigenvalue weighted by molar-refractivity contribution is 5.88. The van der Waals surface area contributed by atoms with Gasteiger partial charge in [0, 0.05) is 13.0 Å². The highest BCUT2D eigenvalue weighted by atomic mass is 16.5. The Balaban J connectivity index is 1.27. The van der Waals surface area contributed by atoms with Crippen molar-refractivity contribution in [3.63, 3.8) is 0 Å². The van der Waals surface area contributed by atoms with E-state index in [1.165, 1.54) is 31.3 Å². The summed E-state index contributed by atoms with van der Waals surface area (Å²) in [7, 11) is 1.33. The minimum Gasteiger partial charge on any atom is -0.467 e. The maximum absolute atomic E-state index is 13.1. The maximum atomic E-state index is 13.1. The summed E-state index contributed by atoms with van der Waals surface area (Å²) in [6, 6.07) is 7.10. The van der Waals surface area contributed by atoms with E-state index >= 15 is 0 Å². The van der Waals surface area contributed by atoms with E-state index in [-0.39, 0.29) is 23.9 Å². The molecule has 6 heteroatoms. The Labute approximate surface area is 176 Å². The zero-order valence-corrected chi connectivity index (χ0v) is 17.5. The van der Waals surface area contributed by atoms with E-state index in [9.17, 15) is 14.4 Å². The molecular weight excluding hydrogens is 382 g/mol. The first-order chi connectivity index (χ1) is 14.5. The molecule has 0 unspecified atom stereocenters. The lowest BCUT2D eigenvalue weighted by Gasteiger charge is -2.55. The van der Waals surface area contributed by atoms with E-state index in [0.717, 1.165) is 30.4 Å². The number of benzene rings is 1. The molecule has 1 aromatic rings. The van der Waals surface area contributed by atoms with Gasteiger partial charge in [-0.15, -0.1) is 0 Å². The molecule has 0 N–H and O–H groups in total. The number of fused-ring (bicyclic) bond motifs is 1. The monoisotopic (exact) mass is 411 g/mol. The van der Waals surface area contributed by atoms with Gasteiger partial charge in [-0.1, -0.05) is 24.3 Å². The van der Waals surface area contributed by atoms with Crippen LogP contribution in [-0.2, 0) is 36.8 Å². The van der Waals surface area contributed by atoms with Crippen LogP contribution in [0.15, 0.2) is 24.3 Å². The normalized spacial score (nSPS) is 33.7. The van der Waals surface area contributed by atoms with Gasteiger partial charge < -0.3 is 14.4 Å². The van der Waals surface area contributed by atoms with Crippen LogP contribution in [0.5, 0.6) is 0 Å². The van der Waals surface area contributed by atoms with E-state index in [4.69, 9.17) is 9.47 Å². The molecule has 4 aliphatic carbocycles. The van der Waals surface area contributed by atoms with E-state index in [1.807, 2.05) is 24.3 Å². The molecular formula is C24H29NO5. The number of ether oxygens (including phenoxy) is 2. The lowest BCUT2D eigenvalue weighted by atomic mass is 9.49. The quantitative estimate of drug-likeness (QED) is 0.713. The van der Waals surface area contributed by atoms with E-state index < -0.39 is 12.0 Å². The SMILES string of the molecule is COC(=O)[C@H]1Cc2ccccc2CN1C(=O)COC(=O)C12CC3CC(CC(C3)C1)C2. The Morgan fingerprint density at radius 1 is 1.00 bits per heavy atom. The Morgan fingerprint density at radius 3 is 2.20 bits per heavy atom. The molecule has 30 heavy (non-hydrogen) atoms. The van der Waals surface area contributed by atoms with Crippen molar-refractivity contribution in [2.24, 2.45) is 23.2 Å². The van der Waals surface area contributed by atoms with Crippen LogP contribution in [0.4, 0.5) is 0 Å². The van der Waals surface area contributed by atoms with Gasteiger partial charge in [-0.05, 0) is 67.4 Å². The summed E-state index contributed by atoms with van der Waals surface area (Å²) >= 11 is 0. The van der Waals surface area contributed by atoms with Crippen LogP contribution in [0.2, 0.25) is 0 Å². The Hall–Kier alpha value is -2.37. The van der Waals surface area contributed by atoms with Gasteiger partial charge in [0.25, 0.3) is 5.91 Å². The zero-order valence-electron chi connectivity index (χ0n) is 17.5. The largest absolute Gasteiger partial charge is 0.467 e. The van der Waals surface area contributed by atoms with E-state index in [1.54, 1.807) is 0 Å². The van der Waals surface area contributed by atoms with Crippen LogP contribution in [-0.4, -0.2) is 42.5 Å². The van der Waals surface area contributed by atoms with Gasteiger partial charge in [-0.2, -0.15) is 0 Å². The average molecular weight is 411 g/mol. The first kappa shape index (κ1) is 19.6. The fourth-order valence-corrected chi connectivity index (χ4v) is 6.86. The van der Waals surface area contributed by atoms with Crippen LogP contribution >= 0.6 is 0 Å². The van der Waals surface area contributed by atoms with Gasteiger partial charge in [0.15, 0.2) is 6.61 Å². The number of methoxy groups -OCH3 is 1. The lowest BCUT2D eigenvalue weighted by molar-refractivity contribution is -0.175. The topological polar surface area (TPSA) is 72.9 Å². The fourth-order valence-electron chi connectivity index (χ4n) is 6.86. The van der Waals surface area contributed by atoms with Gasteiger partial charge in [0.1, 0.15) is 6.04 Å². The minimum atomic E-state index is -0.685. The molecule has 0 saturated heterocycles. The summed E-state index contributed by atoms with van der Waals surface area (Å²) in [5.41, 5.74) is 1.67. The van der Waals surface area contributed by atoms with Crippen LogP contribution in [0, 0.1) is 23.2 Å². The number of carbonyl (C=O) groups excluding carboxylic acids is 3. The first-order valence-electron chi connectivity index (χ1n) is 11.1. The number of esters is 2. The van der Waals surface area contributed by atoms with Crippen LogP contribution in [0.25, 0.3) is 0 Å². The molecule has 160 valence electrons. The van der Waals surface area contributed by atoms with Crippen molar-refractivity contribution in [2.45, 2.75) is 57.5 Å². The molecule has 6 rings (SSSR count). The Bertz CT molecular complexity index is 843. The summed E-state index contributed by atoms with van der Waals surface area (Å²) in [6.45, 7) is 0.0138.